The molecule has 1 unspecified atom stereocenters. The molecule has 0 saturated heterocycles. The molecule has 0 aliphatic carbocycles. The van der Waals surface area contributed by atoms with Crippen molar-refractivity contribution in [1.29, 1.82) is 0 Å². The van der Waals surface area contributed by atoms with Crippen molar-refractivity contribution in [3.8, 4) is 0 Å². The summed E-state index contributed by atoms with van der Waals surface area (Å²) in [6.07, 6.45) is 0. The normalized spacial score (nSPS) is 13.5. The van der Waals surface area contributed by atoms with Gasteiger partial charge in [0.25, 0.3) is 0 Å². The number of nitrogens with one attached hydrogen (secondary N) is 1. The molecule has 18 heavy (non-hydrogen) atoms. The Morgan fingerprint density at radius 2 is 2.06 bits per heavy atom. The third-order valence-corrected chi connectivity index (χ3v) is 3.82. The summed E-state index contributed by atoms with van der Waals surface area (Å²) in [6, 6.07) is 3.26. The predicted molar refractivity (Wildman–Crippen MR) is 75.5 cm³/mol. The highest BCUT2D eigenvalue weighted by Gasteiger charge is 2.21. The van der Waals surface area contributed by atoms with Gasteiger partial charge in [0, 0.05) is 0 Å². The standard InChI is InChI=1S/C13H14BrClFNO/c1-6(2)12(17-3)10-4-7-11(16)9(15)5-8(14)13(7)18-10/h4-6,12,17H,1-3H3. The van der Waals surface area contributed by atoms with Gasteiger partial charge in [-0.25, -0.2) is 4.39 Å². The highest BCUT2D eigenvalue weighted by molar-refractivity contribution is 9.10. The molecule has 0 fully saturated rings. The highest BCUT2D eigenvalue weighted by atomic mass is 79.9. The maximum Gasteiger partial charge on any atom is 0.152 e. The number of fused-ring (bicyclic) bond motifs is 1. The third kappa shape index (κ3) is 2.29. The molecule has 1 aromatic carbocycles. The number of furan rings is 1. The Hall–Kier alpha value is -0.580. The van der Waals surface area contributed by atoms with Crippen LogP contribution in [-0.2, 0) is 0 Å². The monoisotopic (exact) mass is 333 g/mol. The lowest BCUT2D eigenvalue weighted by atomic mass is 10.0. The molecule has 1 atom stereocenters. The van der Waals surface area contributed by atoms with Crippen molar-refractivity contribution in [3.05, 3.63) is 33.2 Å². The Balaban J connectivity index is 2.63. The topological polar surface area (TPSA) is 25.2 Å². The van der Waals surface area contributed by atoms with Crippen molar-refractivity contribution in [2.24, 2.45) is 5.92 Å². The van der Waals surface area contributed by atoms with E-state index >= 15 is 0 Å². The minimum Gasteiger partial charge on any atom is -0.458 e. The van der Waals surface area contributed by atoms with Crippen molar-refractivity contribution in [2.45, 2.75) is 19.9 Å². The molecule has 2 rings (SSSR count). The maximum atomic E-state index is 13.9. The summed E-state index contributed by atoms with van der Waals surface area (Å²) >= 11 is 9.15. The summed E-state index contributed by atoms with van der Waals surface area (Å²) in [5.74, 6) is 0.612. The van der Waals surface area contributed by atoms with E-state index in [0.717, 1.165) is 0 Å². The van der Waals surface area contributed by atoms with Crippen LogP contribution in [-0.4, -0.2) is 7.05 Å². The molecule has 5 heteroatoms. The Morgan fingerprint density at radius 3 is 2.61 bits per heavy atom. The van der Waals surface area contributed by atoms with Gasteiger partial charge in [0.1, 0.15) is 5.76 Å². The molecule has 1 aromatic heterocycles. The smallest absolute Gasteiger partial charge is 0.152 e. The van der Waals surface area contributed by atoms with Crippen LogP contribution >= 0.6 is 27.5 Å². The first-order valence-corrected chi connectivity index (χ1v) is 6.87. The number of hydrogen-bond acceptors (Lipinski definition) is 2. The molecule has 0 aliphatic rings. The van der Waals surface area contributed by atoms with Crippen LogP contribution in [0.25, 0.3) is 11.0 Å². The Bertz CT molecular complexity index is 582. The molecule has 2 aromatic rings. The maximum absolute atomic E-state index is 13.9. The Morgan fingerprint density at radius 1 is 1.39 bits per heavy atom. The zero-order valence-electron chi connectivity index (χ0n) is 10.4. The van der Waals surface area contributed by atoms with Crippen LogP contribution in [0.3, 0.4) is 0 Å². The second-order valence-electron chi connectivity index (χ2n) is 4.56. The van der Waals surface area contributed by atoms with E-state index < -0.39 is 5.82 Å². The van der Waals surface area contributed by atoms with Crippen molar-refractivity contribution >= 4 is 38.5 Å². The molecule has 2 nitrogen and oxygen atoms in total. The average molecular weight is 335 g/mol. The van der Waals surface area contributed by atoms with Crippen LogP contribution in [0.4, 0.5) is 4.39 Å². The van der Waals surface area contributed by atoms with Crippen LogP contribution < -0.4 is 5.32 Å². The molecule has 0 aliphatic heterocycles. The molecular weight excluding hydrogens is 321 g/mol. The molecule has 0 radical (unpaired) electrons. The zero-order valence-corrected chi connectivity index (χ0v) is 12.7. The van der Waals surface area contributed by atoms with Gasteiger partial charge in [0.15, 0.2) is 11.4 Å². The third-order valence-electron chi connectivity index (χ3n) is 2.95. The van der Waals surface area contributed by atoms with Gasteiger partial charge in [-0.1, -0.05) is 25.4 Å². The SMILES string of the molecule is CNC(c1cc2c(F)c(Cl)cc(Br)c2o1)C(C)C. The summed E-state index contributed by atoms with van der Waals surface area (Å²) < 4.78 is 20.3. The first-order chi connectivity index (χ1) is 8.45. The molecule has 0 bridgehead atoms. The van der Waals surface area contributed by atoms with E-state index in [2.05, 4.69) is 35.1 Å². The van der Waals surface area contributed by atoms with Gasteiger partial charge >= 0.3 is 0 Å². The van der Waals surface area contributed by atoms with E-state index in [-0.39, 0.29) is 11.1 Å². The fourth-order valence-corrected chi connectivity index (χ4v) is 2.94. The second-order valence-corrected chi connectivity index (χ2v) is 5.82. The summed E-state index contributed by atoms with van der Waals surface area (Å²) in [7, 11) is 1.86. The molecule has 0 amide bonds. The Kier molecular flexibility index (Phi) is 3.99. The molecule has 98 valence electrons. The molecule has 1 N–H and O–H groups in total. The van der Waals surface area contributed by atoms with Crippen LogP contribution in [0, 0.1) is 11.7 Å². The number of hydrogen-bond donors (Lipinski definition) is 1. The van der Waals surface area contributed by atoms with Gasteiger partial charge in [0.2, 0.25) is 0 Å². The number of benzene rings is 1. The molecule has 0 spiro atoms. The lowest BCUT2D eigenvalue weighted by molar-refractivity contribution is 0.370. The van der Waals surface area contributed by atoms with E-state index in [9.17, 15) is 4.39 Å². The van der Waals surface area contributed by atoms with E-state index in [1.165, 1.54) is 6.07 Å². The zero-order chi connectivity index (χ0) is 13.4. The lowest BCUT2D eigenvalue weighted by Gasteiger charge is -2.17. The van der Waals surface area contributed by atoms with E-state index in [1.807, 2.05) is 7.05 Å². The van der Waals surface area contributed by atoms with Crippen molar-refractivity contribution in [1.82, 2.24) is 5.32 Å². The van der Waals surface area contributed by atoms with Crippen LogP contribution in [0.2, 0.25) is 5.02 Å². The van der Waals surface area contributed by atoms with E-state index in [4.69, 9.17) is 16.0 Å². The molecular formula is C13H14BrClFNO. The van der Waals surface area contributed by atoms with Crippen molar-refractivity contribution in [2.75, 3.05) is 7.05 Å². The van der Waals surface area contributed by atoms with E-state index in [0.29, 0.717) is 27.1 Å². The first-order valence-electron chi connectivity index (χ1n) is 5.70. The lowest BCUT2D eigenvalue weighted by Crippen LogP contribution is -2.20. The average Bonchev–Trinajstić information content (AvgIpc) is 2.72. The molecule has 0 saturated carbocycles. The summed E-state index contributed by atoms with van der Waals surface area (Å²) in [6.45, 7) is 4.15. The van der Waals surface area contributed by atoms with Gasteiger partial charge in [-0.05, 0) is 41.0 Å². The van der Waals surface area contributed by atoms with Crippen molar-refractivity contribution in [3.63, 3.8) is 0 Å². The van der Waals surface area contributed by atoms with Gasteiger partial charge in [0.05, 0.1) is 20.9 Å². The van der Waals surface area contributed by atoms with Crippen LogP contribution in [0.1, 0.15) is 25.6 Å². The largest absolute Gasteiger partial charge is 0.458 e. The Labute approximate surface area is 119 Å². The predicted octanol–water partition coefficient (Wildman–Crippen LogP) is 4.90. The van der Waals surface area contributed by atoms with Crippen molar-refractivity contribution < 1.29 is 8.81 Å². The summed E-state index contributed by atoms with van der Waals surface area (Å²) in [5, 5.41) is 3.67. The van der Waals surface area contributed by atoms with Gasteiger partial charge in [-0.2, -0.15) is 0 Å². The minimum absolute atomic E-state index is 0.0440. The molecule has 1 heterocycles. The highest BCUT2D eigenvalue weighted by Crippen LogP contribution is 2.36. The number of halogens is 3. The van der Waals surface area contributed by atoms with Gasteiger partial charge in [-0.15, -0.1) is 0 Å². The first kappa shape index (κ1) is 13.8. The quantitative estimate of drug-likeness (QED) is 0.807. The van der Waals surface area contributed by atoms with Gasteiger partial charge < -0.3 is 9.73 Å². The second kappa shape index (κ2) is 5.19. The summed E-state index contributed by atoms with van der Waals surface area (Å²) in [4.78, 5) is 0. The number of rotatable bonds is 3. The fraction of sp³-hybridized carbons (Fsp3) is 0.385. The van der Waals surface area contributed by atoms with Crippen LogP contribution in [0.15, 0.2) is 21.0 Å². The summed E-state index contributed by atoms with van der Waals surface area (Å²) in [5.41, 5.74) is 0.493. The van der Waals surface area contributed by atoms with Crippen LogP contribution in [0.5, 0.6) is 0 Å². The van der Waals surface area contributed by atoms with Gasteiger partial charge in [-0.3, -0.25) is 0 Å². The minimum atomic E-state index is -0.441. The fourth-order valence-electron chi connectivity index (χ4n) is 2.08. The van der Waals surface area contributed by atoms with E-state index in [1.54, 1.807) is 6.07 Å².